The molecule has 31 heavy (non-hydrogen) atoms. The van der Waals surface area contributed by atoms with Gasteiger partial charge in [-0.1, -0.05) is 97.4 Å². The Labute approximate surface area is 202 Å². The predicted molar refractivity (Wildman–Crippen MR) is 129 cm³/mol. The van der Waals surface area contributed by atoms with Crippen molar-refractivity contribution in [3.63, 3.8) is 0 Å². The molecule has 0 bridgehead atoms. The number of hydrogen-bond acceptors (Lipinski definition) is 0. The zero-order chi connectivity index (χ0) is 21.8. The molecular weight excluding hydrogens is 479 g/mol. The van der Waals surface area contributed by atoms with Gasteiger partial charge in [-0.15, -0.1) is 11.1 Å². The second-order valence-corrected chi connectivity index (χ2v) is 15.4. The molecule has 0 saturated heterocycles. The molecule has 5 rings (SSSR count). The fraction of sp³-hybridized carbons (Fsp3) is 0.111. The molecule has 1 unspecified atom stereocenters. The third-order valence-electron chi connectivity index (χ3n) is 6.06. The van der Waals surface area contributed by atoms with Gasteiger partial charge >= 0.3 is 42.6 Å². The van der Waals surface area contributed by atoms with Crippen LogP contribution in [-0.4, -0.2) is 0 Å². The van der Waals surface area contributed by atoms with Gasteiger partial charge in [0.2, 0.25) is 0 Å². The molecule has 0 saturated carbocycles. The van der Waals surface area contributed by atoms with Crippen molar-refractivity contribution in [2.24, 2.45) is 0 Å². The molecule has 154 valence electrons. The van der Waals surface area contributed by atoms with Gasteiger partial charge in [0, 0.05) is 5.41 Å². The molecule has 1 aliphatic carbocycles. The minimum atomic E-state index is -1.92. The van der Waals surface area contributed by atoms with Crippen LogP contribution in [0.3, 0.4) is 0 Å². The van der Waals surface area contributed by atoms with E-state index in [2.05, 4.69) is 110 Å². The second kappa shape index (κ2) is 9.94. The van der Waals surface area contributed by atoms with E-state index in [-0.39, 0.29) is 11.3 Å². The Hall–Kier alpha value is -1.54. The summed E-state index contributed by atoms with van der Waals surface area (Å²) in [5.41, 5.74) is 7.84. The Morgan fingerprint density at radius 2 is 1.16 bits per heavy atom. The summed E-state index contributed by atoms with van der Waals surface area (Å²) in [6, 6.07) is 40.6. The van der Waals surface area contributed by atoms with Crippen LogP contribution in [0.5, 0.6) is 0 Å². The third kappa shape index (κ3) is 4.51. The third-order valence-corrected chi connectivity index (χ3v) is 6.06. The summed E-state index contributed by atoms with van der Waals surface area (Å²) in [6.45, 7) is 2.38. The SMILES string of the molecule is CC(c1ccccc1)(c1ccccc1)C1c2[c-]cccc2-c2ccccc21.[Cl][Ti+]([Cl])[Cl]. The van der Waals surface area contributed by atoms with Crippen molar-refractivity contribution in [2.75, 3.05) is 0 Å². The molecule has 4 heteroatoms. The molecule has 0 aliphatic heterocycles. The molecule has 0 spiro atoms. The van der Waals surface area contributed by atoms with Crippen molar-refractivity contribution in [3.8, 4) is 11.1 Å². The van der Waals surface area contributed by atoms with E-state index in [1.807, 2.05) is 6.07 Å². The predicted octanol–water partition coefficient (Wildman–Crippen LogP) is 8.67. The van der Waals surface area contributed by atoms with Crippen LogP contribution in [0, 0.1) is 6.07 Å². The van der Waals surface area contributed by atoms with E-state index >= 15 is 0 Å². The standard InChI is InChI=1S/C27H21.3ClH.Ti/c1-27(20-12-4-2-5-13-20,21-14-6-3-7-15-21)26-24-18-10-8-16-22(24)23-17-9-11-19-25(23)26;;;;/h2-18,26H,1H3;3*1H;/q-1;;;;+4/p-3. The summed E-state index contributed by atoms with van der Waals surface area (Å²) >= 11 is -1.92. The van der Waals surface area contributed by atoms with Gasteiger partial charge in [0.25, 0.3) is 0 Å². The molecule has 0 radical (unpaired) electrons. The summed E-state index contributed by atoms with van der Waals surface area (Å²) in [4.78, 5) is 0. The molecular formula is C27H21Cl3Ti. The molecule has 1 aliphatic rings. The van der Waals surface area contributed by atoms with Gasteiger partial charge < -0.3 is 0 Å². The van der Waals surface area contributed by atoms with Crippen LogP contribution in [0.4, 0.5) is 0 Å². The summed E-state index contributed by atoms with van der Waals surface area (Å²) < 4.78 is 0. The van der Waals surface area contributed by atoms with Gasteiger partial charge in [-0.25, -0.2) is 0 Å². The summed E-state index contributed by atoms with van der Waals surface area (Å²) in [5, 5.41) is 0. The van der Waals surface area contributed by atoms with Crippen molar-refractivity contribution in [1.29, 1.82) is 0 Å². The minimum absolute atomic E-state index is 0.179. The van der Waals surface area contributed by atoms with Gasteiger partial charge in [-0.05, 0) is 22.6 Å². The van der Waals surface area contributed by atoms with E-state index in [0.29, 0.717) is 0 Å². The maximum atomic E-state index is 4.97. The van der Waals surface area contributed by atoms with Gasteiger partial charge in [-0.3, -0.25) is 0 Å². The number of fused-ring (bicyclic) bond motifs is 3. The van der Waals surface area contributed by atoms with Crippen LogP contribution in [0.15, 0.2) is 103 Å². The first-order valence-corrected chi connectivity index (χ1v) is 16.5. The summed E-state index contributed by atoms with van der Waals surface area (Å²) in [7, 11) is 14.9. The van der Waals surface area contributed by atoms with Crippen LogP contribution in [0.2, 0.25) is 0 Å². The Kier molecular flexibility index (Phi) is 7.27. The Balaban J connectivity index is 0.000000535. The van der Waals surface area contributed by atoms with Gasteiger partial charge in [-0.2, -0.15) is 24.3 Å². The molecule has 0 nitrogen and oxygen atoms in total. The van der Waals surface area contributed by atoms with Crippen molar-refractivity contribution in [1.82, 2.24) is 0 Å². The van der Waals surface area contributed by atoms with Crippen LogP contribution in [0.1, 0.15) is 35.1 Å². The van der Waals surface area contributed by atoms with Crippen LogP contribution in [0.25, 0.3) is 11.1 Å². The molecule has 0 heterocycles. The zero-order valence-electron chi connectivity index (χ0n) is 17.0. The van der Waals surface area contributed by atoms with Gasteiger partial charge in [0.05, 0.1) is 0 Å². The molecule has 0 amide bonds. The van der Waals surface area contributed by atoms with E-state index in [9.17, 15) is 0 Å². The fourth-order valence-corrected chi connectivity index (χ4v) is 4.74. The van der Waals surface area contributed by atoms with Crippen molar-refractivity contribution < 1.29 is 14.7 Å². The van der Waals surface area contributed by atoms with E-state index in [4.69, 9.17) is 27.9 Å². The van der Waals surface area contributed by atoms with Gasteiger partial charge in [0.1, 0.15) is 0 Å². The van der Waals surface area contributed by atoms with E-state index in [1.165, 1.54) is 33.4 Å². The fourth-order valence-electron chi connectivity index (χ4n) is 4.74. The topological polar surface area (TPSA) is 0 Å². The van der Waals surface area contributed by atoms with Gasteiger partial charge in [0.15, 0.2) is 0 Å². The number of hydrogen-bond donors (Lipinski definition) is 0. The second-order valence-electron chi connectivity index (χ2n) is 7.67. The normalized spacial score (nSPS) is 14.1. The van der Waals surface area contributed by atoms with E-state index in [0.717, 1.165) is 0 Å². The van der Waals surface area contributed by atoms with Crippen molar-refractivity contribution in [3.05, 3.63) is 131 Å². The monoisotopic (exact) mass is 498 g/mol. The first-order valence-electron chi connectivity index (χ1n) is 10.1. The first kappa shape index (κ1) is 22.7. The molecule has 0 fully saturated rings. The number of benzene rings is 4. The summed E-state index contributed by atoms with van der Waals surface area (Å²) in [5.74, 6) is 0.231. The quantitative estimate of drug-likeness (QED) is 0.195. The average Bonchev–Trinajstić information content (AvgIpc) is 3.14. The molecule has 4 aromatic rings. The zero-order valence-corrected chi connectivity index (χ0v) is 20.9. The molecule has 4 aromatic carbocycles. The molecule has 0 N–H and O–H groups in total. The van der Waals surface area contributed by atoms with Crippen molar-refractivity contribution >= 4 is 27.9 Å². The Morgan fingerprint density at radius 1 is 0.677 bits per heavy atom. The summed E-state index contributed by atoms with van der Waals surface area (Å²) in [6.07, 6.45) is 0. The van der Waals surface area contributed by atoms with Crippen LogP contribution >= 0.6 is 27.9 Å². The number of halogens is 3. The van der Waals surface area contributed by atoms with E-state index < -0.39 is 14.7 Å². The average molecular weight is 500 g/mol. The van der Waals surface area contributed by atoms with E-state index in [1.54, 1.807) is 0 Å². The van der Waals surface area contributed by atoms with Crippen LogP contribution in [-0.2, 0) is 20.1 Å². The number of rotatable bonds is 3. The van der Waals surface area contributed by atoms with Crippen LogP contribution < -0.4 is 0 Å². The Bertz CT molecular complexity index is 1060. The molecule has 0 aromatic heterocycles. The maximum absolute atomic E-state index is 4.97. The Morgan fingerprint density at radius 3 is 1.74 bits per heavy atom. The van der Waals surface area contributed by atoms with Crippen molar-refractivity contribution in [2.45, 2.75) is 18.3 Å². The first-order chi connectivity index (χ1) is 15.0. The molecule has 1 atom stereocenters.